The molecular weight excluding hydrogens is 358 g/mol. The largest absolute Gasteiger partial charge is 0.508 e. The van der Waals surface area contributed by atoms with Crippen molar-refractivity contribution in [2.45, 2.75) is 10.1 Å². The highest BCUT2D eigenvalue weighted by molar-refractivity contribution is 7.99. The van der Waals surface area contributed by atoms with Gasteiger partial charge in [0.1, 0.15) is 5.75 Å². The molecule has 0 bridgehead atoms. The lowest BCUT2D eigenvalue weighted by atomic mass is 10.3. The van der Waals surface area contributed by atoms with Crippen molar-refractivity contribution in [3.8, 4) is 11.4 Å². The number of hydrogen-bond donors (Lipinski definition) is 2. The number of nitrogens with one attached hydrogen (secondary N) is 1. The molecule has 0 aliphatic rings. The summed E-state index contributed by atoms with van der Waals surface area (Å²) in [5, 5.41) is 24.2. The van der Waals surface area contributed by atoms with Gasteiger partial charge in [-0.1, -0.05) is 11.8 Å². The van der Waals surface area contributed by atoms with Crippen LogP contribution in [0, 0.1) is 0 Å². The first kappa shape index (κ1) is 17.3. The van der Waals surface area contributed by atoms with Crippen LogP contribution in [0.25, 0.3) is 5.69 Å². The van der Waals surface area contributed by atoms with Crippen LogP contribution < -0.4 is 5.32 Å². The minimum Gasteiger partial charge on any atom is -0.508 e. The lowest BCUT2D eigenvalue weighted by Gasteiger charge is -2.06. The third-order valence-electron chi connectivity index (χ3n) is 3.24. The van der Waals surface area contributed by atoms with Gasteiger partial charge in [0, 0.05) is 10.6 Å². The van der Waals surface area contributed by atoms with Gasteiger partial charge in [-0.05, 0) is 65.2 Å². The molecule has 0 atom stereocenters. The van der Waals surface area contributed by atoms with Crippen molar-refractivity contribution < 1.29 is 9.90 Å². The van der Waals surface area contributed by atoms with Crippen molar-refractivity contribution in [3.05, 3.63) is 48.5 Å². The van der Waals surface area contributed by atoms with Gasteiger partial charge in [-0.25, -0.2) is 0 Å². The number of benzene rings is 2. The molecule has 0 radical (unpaired) electrons. The molecule has 2 N–H and O–H groups in total. The number of anilines is 1. The molecule has 3 rings (SSSR count). The van der Waals surface area contributed by atoms with Crippen LogP contribution in [0.3, 0.4) is 0 Å². The molecule has 0 fully saturated rings. The van der Waals surface area contributed by atoms with Crippen LogP contribution in [-0.4, -0.2) is 43.2 Å². The molecule has 128 valence electrons. The van der Waals surface area contributed by atoms with E-state index in [2.05, 4.69) is 20.8 Å². The van der Waals surface area contributed by atoms with Gasteiger partial charge in [0.2, 0.25) is 11.1 Å². The van der Waals surface area contributed by atoms with Crippen LogP contribution in [0.4, 0.5) is 5.69 Å². The highest BCUT2D eigenvalue weighted by Crippen LogP contribution is 2.21. The van der Waals surface area contributed by atoms with Crippen LogP contribution in [0.2, 0.25) is 0 Å². The van der Waals surface area contributed by atoms with Gasteiger partial charge in [-0.15, -0.1) is 16.9 Å². The predicted molar refractivity (Wildman–Crippen MR) is 98.4 cm³/mol. The van der Waals surface area contributed by atoms with E-state index >= 15 is 0 Å². The zero-order chi connectivity index (χ0) is 17.6. The molecule has 2 aromatic carbocycles. The number of aromatic hydroxyl groups is 1. The van der Waals surface area contributed by atoms with Gasteiger partial charge in [0.25, 0.3) is 0 Å². The Kier molecular flexibility index (Phi) is 5.56. The van der Waals surface area contributed by atoms with Crippen LogP contribution in [0.5, 0.6) is 5.75 Å². The molecule has 25 heavy (non-hydrogen) atoms. The summed E-state index contributed by atoms with van der Waals surface area (Å²) in [5.41, 5.74) is 1.46. The maximum absolute atomic E-state index is 12.1. The Balaban J connectivity index is 1.61. The number of hydrogen-bond acceptors (Lipinski definition) is 7. The van der Waals surface area contributed by atoms with Crippen LogP contribution in [0.1, 0.15) is 0 Å². The molecule has 1 aromatic heterocycles. The summed E-state index contributed by atoms with van der Waals surface area (Å²) in [6.45, 7) is 0. The average molecular weight is 373 g/mol. The van der Waals surface area contributed by atoms with Crippen LogP contribution in [0.15, 0.2) is 58.6 Å². The maximum atomic E-state index is 12.1. The zero-order valence-corrected chi connectivity index (χ0v) is 14.9. The quantitative estimate of drug-likeness (QED) is 0.642. The van der Waals surface area contributed by atoms with Crippen LogP contribution in [-0.2, 0) is 4.79 Å². The van der Waals surface area contributed by atoms with Crippen molar-refractivity contribution in [2.24, 2.45) is 0 Å². The summed E-state index contributed by atoms with van der Waals surface area (Å²) in [5.74, 6) is 0.211. The van der Waals surface area contributed by atoms with E-state index in [9.17, 15) is 9.90 Å². The molecule has 0 saturated heterocycles. The Morgan fingerprint density at radius 2 is 1.88 bits per heavy atom. The van der Waals surface area contributed by atoms with E-state index in [1.165, 1.54) is 16.4 Å². The summed E-state index contributed by atoms with van der Waals surface area (Å²) in [4.78, 5) is 13.2. The number of rotatable bonds is 6. The highest BCUT2D eigenvalue weighted by atomic mass is 32.2. The molecule has 0 spiro atoms. The standard InChI is InChI=1S/C16H15N5O2S2/c1-24-14-8-2-11(3-9-14)17-15(23)10-25-16-18-19-20-21(16)12-4-6-13(22)7-5-12/h2-9,22H,10H2,1H3,(H,17,23). The lowest BCUT2D eigenvalue weighted by molar-refractivity contribution is -0.113. The number of phenols is 1. The number of carbonyl (C=O) groups is 1. The summed E-state index contributed by atoms with van der Waals surface area (Å²) >= 11 is 2.88. The van der Waals surface area contributed by atoms with E-state index in [0.29, 0.717) is 10.8 Å². The number of amides is 1. The first-order chi connectivity index (χ1) is 12.2. The summed E-state index contributed by atoms with van der Waals surface area (Å²) < 4.78 is 1.52. The first-order valence-electron chi connectivity index (χ1n) is 7.30. The van der Waals surface area contributed by atoms with E-state index in [1.54, 1.807) is 36.0 Å². The van der Waals surface area contributed by atoms with Gasteiger partial charge in [0.15, 0.2) is 0 Å². The van der Waals surface area contributed by atoms with Crippen molar-refractivity contribution in [3.63, 3.8) is 0 Å². The molecule has 1 heterocycles. The Morgan fingerprint density at radius 1 is 1.16 bits per heavy atom. The van der Waals surface area contributed by atoms with Crippen molar-refractivity contribution >= 4 is 35.1 Å². The Labute approximate surface area is 152 Å². The second-order valence-corrected chi connectivity index (χ2v) is 6.78. The van der Waals surface area contributed by atoms with Gasteiger partial charge in [0.05, 0.1) is 11.4 Å². The fourth-order valence-electron chi connectivity index (χ4n) is 2.03. The van der Waals surface area contributed by atoms with E-state index in [4.69, 9.17) is 0 Å². The van der Waals surface area contributed by atoms with Gasteiger partial charge in [-0.2, -0.15) is 4.68 Å². The third kappa shape index (κ3) is 4.52. The van der Waals surface area contributed by atoms with Gasteiger partial charge >= 0.3 is 0 Å². The Hall–Kier alpha value is -2.52. The minimum absolute atomic E-state index is 0.137. The fourth-order valence-corrected chi connectivity index (χ4v) is 3.13. The normalized spacial score (nSPS) is 10.6. The smallest absolute Gasteiger partial charge is 0.234 e. The Morgan fingerprint density at radius 3 is 2.56 bits per heavy atom. The molecule has 0 aliphatic carbocycles. The topological polar surface area (TPSA) is 92.9 Å². The molecule has 0 aliphatic heterocycles. The van der Waals surface area contributed by atoms with Gasteiger partial charge < -0.3 is 10.4 Å². The van der Waals surface area contributed by atoms with Crippen molar-refractivity contribution in [2.75, 3.05) is 17.3 Å². The first-order valence-corrected chi connectivity index (χ1v) is 9.51. The monoisotopic (exact) mass is 373 g/mol. The number of nitrogens with zero attached hydrogens (tertiary/aromatic N) is 4. The number of carbonyl (C=O) groups excluding carboxylic acids is 1. The predicted octanol–water partition coefficient (Wildman–Crippen LogP) is 2.82. The van der Waals surface area contributed by atoms with E-state index in [1.807, 2.05) is 30.5 Å². The fraction of sp³-hybridized carbons (Fsp3) is 0.125. The molecule has 9 heteroatoms. The lowest BCUT2D eigenvalue weighted by Crippen LogP contribution is -2.14. The number of phenolic OH excluding ortho intramolecular Hbond substituents is 1. The molecule has 0 unspecified atom stereocenters. The minimum atomic E-state index is -0.137. The molecule has 3 aromatic rings. The van der Waals surface area contributed by atoms with Crippen molar-refractivity contribution in [1.29, 1.82) is 0 Å². The second kappa shape index (κ2) is 8.04. The highest BCUT2D eigenvalue weighted by Gasteiger charge is 2.12. The zero-order valence-electron chi connectivity index (χ0n) is 13.3. The van der Waals surface area contributed by atoms with E-state index in [0.717, 1.165) is 10.6 Å². The summed E-state index contributed by atoms with van der Waals surface area (Å²) in [7, 11) is 0. The SMILES string of the molecule is CSc1ccc(NC(=O)CSc2nnnn2-c2ccc(O)cc2)cc1. The van der Waals surface area contributed by atoms with Gasteiger partial charge in [-0.3, -0.25) is 4.79 Å². The molecule has 7 nitrogen and oxygen atoms in total. The van der Waals surface area contributed by atoms with E-state index < -0.39 is 0 Å². The number of aromatic nitrogens is 4. The molecule has 0 saturated carbocycles. The third-order valence-corrected chi connectivity index (χ3v) is 4.90. The molecular formula is C16H15N5O2S2. The average Bonchev–Trinajstić information content (AvgIpc) is 3.10. The number of thioether (sulfide) groups is 2. The van der Waals surface area contributed by atoms with E-state index in [-0.39, 0.29) is 17.4 Å². The second-order valence-electron chi connectivity index (χ2n) is 4.96. The van der Waals surface area contributed by atoms with Crippen molar-refractivity contribution in [1.82, 2.24) is 20.2 Å². The molecule has 1 amide bonds. The summed E-state index contributed by atoms with van der Waals surface area (Å²) in [6, 6.07) is 14.2. The maximum Gasteiger partial charge on any atom is 0.234 e. The summed E-state index contributed by atoms with van der Waals surface area (Å²) in [6.07, 6.45) is 2.00. The van der Waals surface area contributed by atoms with Crippen LogP contribution >= 0.6 is 23.5 Å². The number of tetrazole rings is 1. The Bertz CT molecular complexity index is 850.